The number of unbranched alkanes of at least 4 members (excludes halogenated alkanes) is 11. The summed E-state index contributed by atoms with van der Waals surface area (Å²) in [6.45, 7) is 5.57. The van der Waals surface area contributed by atoms with Crippen LogP contribution < -0.4 is 10.1 Å². The van der Waals surface area contributed by atoms with Gasteiger partial charge in [0.05, 0.1) is 19.8 Å². The topological polar surface area (TPSA) is 86.2 Å². The molecule has 0 saturated carbocycles. The summed E-state index contributed by atoms with van der Waals surface area (Å²) in [7, 11) is -0.148. The first-order valence-electron chi connectivity index (χ1n) is 14.3. The fourth-order valence-corrected chi connectivity index (χ4v) is 4.78. The molecule has 214 valence electrons. The molecule has 2 unspecified atom stereocenters. The number of rotatable bonds is 25. The Balaban J connectivity index is 2.31. The van der Waals surface area contributed by atoms with Gasteiger partial charge in [-0.1, -0.05) is 95.8 Å². The lowest BCUT2D eigenvalue weighted by Crippen LogP contribution is -2.24. The number of carbonyl (C=O) groups excluding carboxylic acids is 1. The van der Waals surface area contributed by atoms with Crippen molar-refractivity contribution in [1.82, 2.24) is 5.32 Å². The second-order valence-electron chi connectivity index (χ2n) is 9.60. The number of nitrogens with one attached hydrogen (secondary N) is 1. The zero-order valence-corrected chi connectivity index (χ0v) is 24.4. The van der Waals surface area contributed by atoms with Gasteiger partial charge in [-0.2, -0.15) is 0 Å². The quantitative estimate of drug-likeness (QED) is 0.0775. The van der Waals surface area contributed by atoms with Gasteiger partial charge in [-0.15, -0.1) is 0 Å². The summed E-state index contributed by atoms with van der Waals surface area (Å²) in [5.74, 6) is 0.415. The van der Waals surface area contributed by atoms with Crippen molar-refractivity contribution in [3.63, 3.8) is 0 Å². The summed E-state index contributed by atoms with van der Waals surface area (Å²) < 4.78 is 22.3. The third-order valence-electron chi connectivity index (χ3n) is 6.15. The molecule has 0 saturated heterocycles. The number of hydrogen-bond donors (Lipinski definition) is 2. The van der Waals surface area contributed by atoms with Crippen LogP contribution in [0.5, 0.6) is 5.75 Å². The third kappa shape index (κ3) is 19.5. The number of para-hydroxylation sites is 1. The van der Waals surface area contributed by atoms with Gasteiger partial charge in [-0.3, -0.25) is 4.79 Å². The minimum absolute atomic E-state index is 0.0564. The summed E-state index contributed by atoms with van der Waals surface area (Å²) in [5.41, 5.74) is 0.952. The Morgan fingerprint density at radius 3 is 2.14 bits per heavy atom. The predicted octanol–water partition coefficient (Wildman–Crippen LogP) is 7.10. The molecule has 0 heterocycles. The minimum Gasteiger partial charge on any atom is -0.493 e. The SMILES string of the molecule is CCCCCCCCCCCCCCOc1ccccc1CC(COP(O)OCCCNC)OC(C)=O. The van der Waals surface area contributed by atoms with E-state index >= 15 is 0 Å². The minimum atomic E-state index is -2.01. The van der Waals surface area contributed by atoms with Crippen molar-refractivity contribution in [2.45, 2.75) is 110 Å². The molecule has 0 aliphatic carbocycles. The van der Waals surface area contributed by atoms with E-state index in [1.807, 2.05) is 31.3 Å². The molecule has 37 heavy (non-hydrogen) atoms. The number of carbonyl (C=O) groups is 1. The molecule has 2 atom stereocenters. The molecule has 0 amide bonds. The molecule has 0 aliphatic rings. The monoisotopic (exact) mass is 541 g/mol. The van der Waals surface area contributed by atoms with E-state index in [0.29, 0.717) is 19.6 Å². The number of ether oxygens (including phenoxy) is 2. The first-order valence-corrected chi connectivity index (χ1v) is 15.5. The Morgan fingerprint density at radius 2 is 1.51 bits per heavy atom. The van der Waals surface area contributed by atoms with Gasteiger partial charge < -0.3 is 28.7 Å². The first kappa shape index (κ1) is 33.8. The molecule has 2 N–H and O–H groups in total. The Bertz CT molecular complexity index is 678. The van der Waals surface area contributed by atoms with Gasteiger partial charge in [0.15, 0.2) is 0 Å². The predicted molar refractivity (Wildman–Crippen MR) is 152 cm³/mol. The summed E-state index contributed by atoms with van der Waals surface area (Å²) in [6.07, 6.45) is 16.4. The fourth-order valence-electron chi connectivity index (χ4n) is 4.13. The van der Waals surface area contributed by atoms with Crippen molar-refractivity contribution in [3.8, 4) is 5.75 Å². The van der Waals surface area contributed by atoms with Gasteiger partial charge in [0, 0.05) is 13.3 Å². The van der Waals surface area contributed by atoms with Gasteiger partial charge in [0.2, 0.25) is 0 Å². The molecule has 0 aromatic heterocycles. The molecule has 0 spiro atoms. The largest absolute Gasteiger partial charge is 0.493 e. The van der Waals surface area contributed by atoms with Crippen molar-refractivity contribution in [2.75, 3.05) is 33.4 Å². The van der Waals surface area contributed by atoms with E-state index < -0.39 is 14.7 Å². The molecular weight excluding hydrogens is 489 g/mol. The van der Waals surface area contributed by atoms with Crippen LogP contribution >= 0.6 is 8.60 Å². The summed E-state index contributed by atoms with van der Waals surface area (Å²) in [5, 5.41) is 3.02. The van der Waals surface area contributed by atoms with Crippen LogP contribution in [-0.2, 0) is 25.0 Å². The van der Waals surface area contributed by atoms with E-state index in [1.54, 1.807) is 0 Å². The maximum absolute atomic E-state index is 11.6. The molecule has 7 nitrogen and oxygen atoms in total. The van der Waals surface area contributed by atoms with Crippen molar-refractivity contribution < 1.29 is 28.2 Å². The van der Waals surface area contributed by atoms with E-state index in [0.717, 1.165) is 30.7 Å². The third-order valence-corrected chi connectivity index (χ3v) is 6.93. The van der Waals surface area contributed by atoms with Gasteiger partial charge in [0.25, 0.3) is 0 Å². The lowest BCUT2D eigenvalue weighted by Gasteiger charge is -2.20. The zero-order valence-electron chi connectivity index (χ0n) is 23.6. The second kappa shape index (κ2) is 23.8. The highest BCUT2D eigenvalue weighted by atomic mass is 31.2. The molecule has 0 aliphatic heterocycles. The van der Waals surface area contributed by atoms with E-state index in [2.05, 4.69) is 12.2 Å². The van der Waals surface area contributed by atoms with Crippen molar-refractivity contribution in [1.29, 1.82) is 0 Å². The highest BCUT2D eigenvalue weighted by molar-refractivity contribution is 7.40. The van der Waals surface area contributed by atoms with Crippen LogP contribution in [-0.4, -0.2) is 50.4 Å². The van der Waals surface area contributed by atoms with Crippen LogP contribution in [0.25, 0.3) is 0 Å². The standard InChI is InChI=1S/C29H52NO6P/c1-4-5-6-7-8-9-10-11-12-13-14-17-22-33-29-20-16-15-19-27(29)24-28(36-26(2)31)25-35-37(32)34-23-18-21-30-3/h15-16,19-20,28,30,32H,4-14,17-18,21-25H2,1-3H3. The van der Waals surface area contributed by atoms with Gasteiger partial charge >= 0.3 is 14.6 Å². The summed E-state index contributed by atoms with van der Waals surface area (Å²) in [6, 6.07) is 7.82. The van der Waals surface area contributed by atoms with Crippen LogP contribution in [0.2, 0.25) is 0 Å². The van der Waals surface area contributed by atoms with Gasteiger partial charge in [0.1, 0.15) is 11.9 Å². The maximum atomic E-state index is 11.6. The molecule has 1 rings (SSSR count). The Labute approximate surface area is 227 Å². The molecule has 1 aromatic carbocycles. The van der Waals surface area contributed by atoms with Crippen LogP contribution in [0, 0.1) is 0 Å². The fraction of sp³-hybridized carbons (Fsp3) is 0.759. The highest BCUT2D eigenvalue weighted by Crippen LogP contribution is 2.33. The van der Waals surface area contributed by atoms with E-state index in [9.17, 15) is 9.69 Å². The maximum Gasteiger partial charge on any atom is 0.329 e. The average Bonchev–Trinajstić information content (AvgIpc) is 2.88. The van der Waals surface area contributed by atoms with Gasteiger partial charge in [-0.05, 0) is 38.1 Å². The van der Waals surface area contributed by atoms with E-state index in [4.69, 9.17) is 18.5 Å². The molecule has 0 bridgehead atoms. The number of benzene rings is 1. The Hall–Kier alpha value is -1.24. The zero-order chi connectivity index (χ0) is 27.0. The molecule has 8 heteroatoms. The van der Waals surface area contributed by atoms with Crippen LogP contribution in [0.15, 0.2) is 24.3 Å². The summed E-state index contributed by atoms with van der Waals surface area (Å²) in [4.78, 5) is 21.6. The normalized spacial score (nSPS) is 12.9. The second-order valence-corrected chi connectivity index (χ2v) is 10.6. The van der Waals surface area contributed by atoms with Gasteiger partial charge in [-0.25, -0.2) is 0 Å². The Kier molecular flexibility index (Phi) is 21.8. The first-order chi connectivity index (χ1) is 18.1. The van der Waals surface area contributed by atoms with Crippen LogP contribution in [0.1, 0.15) is 103 Å². The molecule has 0 radical (unpaired) electrons. The van der Waals surface area contributed by atoms with Crippen molar-refractivity contribution in [2.24, 2.45) is 0 Å². The Morgan fingerprint density at radius 1 is 0.892 bits per heavy atom. The average molecular weight is 542 g/mol. The highest BCUT2D eigenvalue weighted by Gasteiger charge is 2.19. The lowest BCUT2D eigenvalue weighted by atomic mass is 10.1. The number of hydrogen-bond acceptors (Lipinski definition) is 7. The molecule has 0 fully saturated rings. The van der Waals surface area contributed by atoms with E-state index in [1.165, 1.54) is 77.6 Å². The smallest absolute Gasteiger partial charge is 0.329 e. The van der Waals surface area contributed by atoms with E-state index in [-0.39, 0.29) is 12.6 Å². The molecular formula is C29H52NO6P. The van der Waals surface area contributed by atoms with Crippen molar-refractivity contribution in [3.05, 3.63) is 29.8 Å². The summed E-state index contributed by atoms with van der Waals surface area (Å²) >= 11 is 0. The van der Waals surface area contributed by atoms with Crippen LogP contribution in [0.4, 0.5) is 0 Å². The number of esters is 1. The van der Waals surface area contributed by atoms with Crippen LogP contribution in [0.3, 0.4) is 0 Å². The lowest BCUT2D eigenvalue weighted by molar-refractivity contribution is -0.147. The molecule has 1 aromatic rings. The van der Waals surface area contributed by atoms with Crippen molar-refractivity contribution >= 4 is 14.6 Å².